The molecule has 11 nitrogen and oxygen atoms in total. The number of amides is 3. The number of hydrogen-bond acceptors (Lipinski definition) is 7. The van der Waals surface area contributed by atoms with Crippen molar-refractivity contribution in [3.63, 3.8) is 0 Å². The number of piperazine rings is 1. The molecule has 4 heterocycles. The van der Waals surface area contributed by atoms with E-state index < -0.39 is 11.4 Å². The molecule has 51 heavy (non-hydrogen) atoms. The van der Waals surface area contributed by atoms with Crippen LogP contribution in [0.25, 0.3) is 10.8 Å². The van der Waals surface area contributed by atoms with Gasteiger partial charge in [-0.2, -0.15) is 5.10 Å². The number of piperidine rings is 2. The van der Waals surface area contributed by atoms with Crippen LogP contribution in [0.2, 0.25) is 0 Å². The second-order valence-electron chi connectivity index (χ2n) is 16.0. The fourth-order valence-corrected chi connectivity index (χ4v) is 8.51. The first-order chi connectivity index (χ1) is 24.4. The lowest BCUT2D eigenvalue weighted by molar-refractivity contribution is -0.139. The number of fused-ring (bicyclic) bond motifs is 1. The number of halogens is 1. The van der Waals surface area contributed by atoms with E-state index in [9.17, 15) is 23.6 Å². The fourth-order valence-electron chi connectivity index (χ4n) is 8.51. The summed E-state index contributed by atoms with van der Waals surface area (Å²) < 4.78 is 20.6. The van der Waals surface area contributed by atoms with Gasteiger partial charge in [-0.3, -0.25) is 14.4 Å². The second kappa shape index (κ2) is 14.0. The van der Waals surface area contributed by atoms with E-state index in [1.165, 1.54) is 6.07 Å². The summed E-state index contributed by atoms with van der Waals surface area (Å²) in [6.07, 6.45) is 6.17. The number of benzene rings is 2. The highest BCUT2D eigenvalue weighted by Crippen LogP contribution is 2.51. The van der Waals surface area contributed by atoms with Crippen molar-refractivity contribution in [2.75, 3.05) is 52.4 Å². The van der Waals surface area contributed by atoms with E-state index in [0.29, 0.717) is 60.7 Å². The summed E-state index contributed by atoms with van der Waals surface area (Å²) >= 11 is 0. The third-order valence-corrected chi connectivity index (χ3v) is 11.5. The van der Waals surface area contributed by atoms with E-state index in [1.54, 1.807) is 29.2 Å². The van der Waals surface area contributed by atoms with Crippen molar-refractivity contribution in [3.8, 4) is 0 Å². The molecule has 0 radical (unpaired) electrons. The Morgan fingerprint density at radius 1 is 0.882 bits per heavy atom. The molecule has 1 N–H and O–H groups in total. The molecule has 3 aromatic rings. The number of H-pyrrole nitrogens is 1. The summed E-state index contributed by atoms with van der Waals surface area (Å²) in [4.78, 5) is 59.6. The van der Waals surface area contributed by atoms with Gasteiger partial charge in [0.15, 0.2) is 0 Å². The zero-order valence-electron chi connectivity index (χ0n) is 30.0. The van der Waals surface area contributed by atoms with Crippen molar-refractivity contribution < 1.29 is 23.5 Å². The Morgan fingerprint density at radius 3 is 2.20 bits per heavy atom. The number of aromatic amines is 1. The van der Waals surface area contributed by atoms with Crippen LogP contribution in [-0.4, -0.2) is 112 Å². The predicted molar refractivity (Wildman–Crippen MR) is 191 cm³/mol. The number of aromatic nitrogens is 2. The van der Waals surface area contributed by atoms with Crippen molar-refractivity contribution in [2.24, 2.45) is 11.3 Å². The molecule has 1 aliphatic carbocycles. The van der Waals surface area contributed by atoms with Gasteiger partial charge in [-0.1, -0.05) is 24.3 Å². The SMILES string of the molecule is CC(C)(C)OC(=O)N1CCC2(CC1)CC(N1CCC(C(=O)N3CCN(C(=O)c4cc(Cc5n[nH]c(=O)c6ccccc56)ccc4F)CC3)CC1)C2. The maximum Gasteiger partial charge on any atom is 0.410 e. The van der Waals surface area contributed by atoms with Crippen LogP contribution in [0, 0.1) is 17.2 Å². The normalized spacial score (nSPS) is 20.4. The van der Waals surface area contributed by atoms with E-state index in [0.717, 1.165) is 70.1 Å². The maximum atomic E-state index is 15.0. The van der Waals surface area contributed by atoms with Crippen LogP contribution in [0.15, 0.2) is 47.3 Å². The lowest BCUT2D eigenvalue weighted by atomic mass is 9.60. The van der Waals surface area contributed by atoms with Gasteiger partial charge in [0.05, 0.1) is 16.6 Å². The van der Waals surface area contributed by atoms with Crippen LogP contribution in [0.4, 0.5) is 9.18 Å². The Balaban J connectivity index is 0.866. The van der Waals surface area contributed by atoms with Gasteiger partial charge in [-0.25, -0.2) is 14.3 Å². The van der Waals surface area contributed by atoms with Gasteiger partial charge in [0.2, 0.25) is 5.91 Å². The molecular weight excluding hydrogens is 651 g/mol. The summed E-state index contributed by atoms with van der Waals surface area (Å²) in [7, 11) is 0. The molecule has 12 heteroatoms. The van der Waals surface area contributed by atoms with Crippen LogP contribution in [0.5, 0.6) is 0 Å². The monoisotopic (exact) mass is 700 g/mol. The van der Waals surface area contributed by atoms with Crippen LogP contribution in [0.1, 0.15) is 80.9 Å². The number of carbonyl (C=O) groups excluding carboxylic acids is 3. The molecule has 272 valence electrons. The minimum atomic E-state index is -0.586. The first kappa shape index (κ1) is 35.1. The number of nitrogens with one attached hydrogen (secondary N) is 1. The minimum Gasteiger partial charge on any atom is -0.444 e. The van der Waals surface area contributed by atoms with Crippen molar-refractivity contribution in [1.29, 1.82) is 0 Å². The van der Waals surface area contributed by atoms with Crippen LogP contribution < -0.4 is 5.56 Å². The molecule has 7 rings (SSSR count). The molecule has 4 aliphatic rings. The molecular formula is C39H49FN6O5. The van der Waals surface area contributed by atoms with Gasteiger partial charge in [-0.15, -0.1) is 0 Å². The Bertz CT molecular complexity index is 1840. The smallest absolute Gasteiger partial charge is 0.410 e. The van der Waals surface area contributed by atoms with Gasteiger partial charge in [-0.05, 0) is 102 Å². The lowest BCUT2D eigenvalue weighted by Gasteiger charge is -2.56. The van der Waals surface area contributed by atoms with Gasteiger partial charge in [0.25, 0.3) is 11.5 Å². The van der Waals surface area contributed by atoms with Crippen molar-refractivity contribution in [2.45, 2.75) is 77.4 Å². The average Bonchev–Trinajstić information content (AvgIpc) is 3.11. The zero-order valence-corrected chi connectivity index (χ0v) is 30.0. The standard InChI is InChI=1S/C39H49FN6O5/c1-38(2,3)51-37(50)46-16-12-39(13-17-46)24-28(25-39)43-14-10-27(11-15-43)35(48)44-18-20-45(21-19-44)36(49)31-22-26(8-9-32(31)40)23-33-29-6-4-5-7-30(29)34(47)42-41-33/h4-9,22,27-28H,10-21,23-25H2,1-3H3,(H,42,47). The Labute approximate surface area is 298 Å². The van der Waals surface area contributed by atoms with E-state index in [1.807, 2.05) is 42.7 Å². The third-order valence-electron chi connectivity index (χ3n) is 11.5. The molecule has 3 amide bonds. The van der Waals surface area contributed by atoms with E-state index >= 15 is 0 Å². The predicted octanol–water partition coefficient (Wildman–Crippen LogP) is 4.83. The number of carbonyl (C=O) groups is 3. The highest BCUT2D eigenvalue weighted by Gasteiger charge is 2.49. The Morgan fingerprint density at radius 2 is 1.53 bits per heavy atom. The third kappa shape index (κ3) is 7.52. The van der Waals surface area contributed by atoms with Crippen LogP contribution >= 0.6 is 0 Å². The number of nitrogens with zero attached hydrogens (tertiary/aromatic N) is 5. The summed E-state index contributed by atoms with van der Waals surface area (Å²) in [6, 6.07) is 12.3. The molecule has 0 bridgehead atoms. The Kier molecular flexibility index (Phi) is 9.64. The largest absolute Gasteiger partial charge is 0.444 e. The average molecular weight is 701 g/mol. The zero-order chi connectivity index (χ0) is 35.9. The van der Waals surface area contributed by atoms with Crippen molar-refractivity contribution in [1.82, 2.24) is 29.8 Å². The maximum absolute atomic E-state index is 15.0. The van der Waals surface area contributed by atoms with Crippen molar-refractivity contribution >= 4 is 28.7 Å². The van der Waals surface area contributed by atoms with Crippen molar-refractivity contribution in [3.05, 3.63) is 75.5 Å². The van der Waals surface area contributed by atoms with Gasteiger partial charge in [0, 0.05) is 63.0 Å². The summed E-state index contributed by atoms with van der Waals surface area (Å²) in [5, 5.41) is 8.00. The summed E-state index contributed by atoms with van der Waals surface area (Å²) in [5.41, 5.74) is 0.928. The molecule has 2 aromatic carbocycles. The molecule has 0 atom stereocenters. The molecule has 3 saturated heterocycles. The van der Waals surface area contributed by atoms with Crippen LogP contribution in [-0.2, 0) is 16.0 Å². The van der Waals surface area contributed by atoms with E-state index in [2.05, 4.69) is 15.1 Å². The molecule has 3 aliphatic heterocycles. The number of rotatable bonds is 5. The lowest BCUT2D eigenvalue weighted by Crippen LogP contribution is -2.58. The number of ether oxygens (including phenoxy) is 1. The second-order valence-corrected chi connectivity index (χ2v) is 16.0. The van der Waals surface area contributed by atoms with Gasteiger partial charge in [0.1, 0.15) is 11.4 Å². The first-order valence-corrected chi connectivity index (χ1v) is 18.4. The van der Waals surface area contributed by atoms with Gasteiger partial charge >= 0.3 is 6.09 Å². The highest BCUT2D eigenvalue weighted by molar-refractivity contribution is 5.95. The quantitative estimate of drug-likeness (QED) is 0.405. The Hall–Kier alpha value is -4.32. The molecule has 1 aromatic heterocycles. The van der Waals surface area contributed by atoms with E-state index in [-0.39, 0.29) is 34.9 Å². The van der Waals surface area contributed by atoms with Crippen LogP contribution in [0.3, 0.4) is 0 Å². The summed E-state index contributed by atoms with van der Waals surface area (Å²) in [5.74, 6) is -0.823. The van der Waals surface area contributed by atoms with E-state index in [4.69, 9.17) is 4.74 Å². The number of likely N-dealkylation sites (tertiary alicyclic amines) is 2. The molecule has 4 fully saturated rings. The highest BCUT2D eigenvalue weighted by atomic mass is 19.1. The fraction of sp³-hybridized carbons (Fsp3) is 0.564. The topological polar surface area (TPSA) is 119 Å². The number of hydrogen-bond donors (Lipinski definition) is 1. The minimum absolute atomic E-state index is 0.000235. The van der Waals surface area contributed by atoms with Gasteiger partial charge < -0.3 is 24.3 Å². The molecule has 0 unspecified atom stereocenters. The first-order valence-electron chi connectivity index (χ1n) is 18.4. The molecule has 1 saturated carbocycles. The summed E-state index contributed by atoms with van der Waals surface area (Å²) in [6.45, 7) is 10.6. The molecule has 1 spiro atoms.